The van der Waals surface area contributed by atoms with Crippen LogP contribution in [0.3, 0.4) is 0 Å². The predicted molar refractivity (Wildman–Crippen MR) is 63.4 cm³/mol. The normalized spacial score (nSPS) is 10.0. The van der Waals surface area contributed by atoms with Gasteiger partial charge in [0, 0.05) is 18.8 Å². The lowest BCUT2D eigenvalue weighted by Gasteiger charge is -2.16. The second kappa shape index (κ2) is 4.74. The van der Waals surface area contributed by atoms with E-state index in [9.17, 15) is 9.18 Å². The SMILES string of the molecule is CN(C(=O)c1ccc(F)cc1)c1cccnc1. The fraction of sp³-hybridized carbons (Fsp3) is 0.0769. The van der Waals surface area contributed by atoms with Crippen LogP contribution in [-0.2, 0) is 0 Å². The molecule has 2 rings (SSSR count). The highest BCUT2D eigenvalue weighted by atomic mass is 19.1. The molecule has 3 nitrogen and oxygen atoms in total. The molecule has 0 aliphatic carbocycles. The van der Waals surface area contributed by atoms with Crippen molar-refractivity contribution in [2.45, 2.75) is 0 Å². The first-order valence-corrected chi connectivity index (χ1v) is 5.12. The molecule has 4 heteroatoms. The Labute approximate surface area is 98.5 Å². The van der Waals surface area contributed by atoms with E-state index >= 15 is 0 Å². The van der Waals surface area contributed by atoms with Gasteiger partial charge >= 0.3 is 0 Å². The zero-order valence-corrected chi connectivity index (χ0v) is 9.30. The van der Waals surface area contributed by atoms with Gasteiger partial charge in [0.05, 0.1) is 11.9 Å². The Morgan fingerprint density at radius 1 is 1.24 bits per heavy atom. The maximum Gasteiger partial charge on any atom is 0.258 e. The van der Waals surface area contributed by atoms with Crippen molar-refractivity contribution in [2.75, 3.05) is 11.9 Å². The predicted octanol–water partition coefficient (Wildman–Crippen LogP) is 2.50. The van der Waals surface area contributed by atoms with Crippen molar-refractivity contribution in [3.63, 3.8) is 0 Å². The number of rotatable bonds is 2. The van der Waals surface area contributed by atoms with E-state index in [1.807, 2.05) is 0 Å². The van der Waals surface area contributed by atoms with Crippen molar-refractivity contribution >= 4 is 11.6 Å². The van der Waals surface area contributed by atoms with Crippen LogP contribution in [0, 0.1) is 5.82 Å². The highest BCUT2D eigenvalue weighted by Gasteiger charge is 2.13. The minimum atomic E-state index is -0.356. The Balaban J connectivity index is 2.23. The molecule has 0 saturated heterocycles. The second-order valence-corrected chi connectivity index (χ2v) is 3.58. The maximum atomic E-state index is 12.7. The lowest BCUT2D eigenvalue weighted by atomic mass is 10.2. The molecule has 1 aromatic heterocycles. The zero-order chi connectivity index (χ0) is 12.3. The Bertz CT molecular complexity index is 511. The first-order valence-electron chi connectivity index (χ1n) is 5.12. The lowest BCUT2D eigenvalue weighted by molar-refractivity contribution is 0.0993. The van der Waals surface area contributed by atoms with Crippen molar-refractivity contribution < 1.29 is 9.18 Å². The summed E-state index contributed by atoms with van der Waals surface area (Å²) < 4.78 is 12.7. The minimum absolute atomic E-state index is 0.196. The van der Waals surface area contributed by atoms with Gasteiger partial charge in [-0.2, -0.15) is 0 Å². The molecule has 0 radical (unpaired) electrons. The van der Waals surface area contributed by atoms with Gasteiger partial charge in [0.15, 0.2) is 0 Å². The van der Waals surface area contributed by atoms with Gasteiger partial charge in [-0.3, -0.25) is 9.78 Å². The molecule has 2 aromatic rings. The molecule has 0 atom stereocenters. The lowest BCUT2D eigenvalue weighted by Crippen LogP contribution is -2.26. The third kappa shape index (κ3) is 2.47. The van der Waals surface area contributed by atoms with Gasteiger partial charge in [0.25, 0.3) is 5.91 Å². The summed E-state index contributed by atoms with van der Waals surface area (Å²) in [6, 6.07) is 9.00. The van der Waals surface area contributed by atoms with Gasteiger partial charge in [-0.15, -0.1) is 0 Å². The molecule has 1 aromatic carbocycles. The smallest absolute Gasteiger partial charge is 0.258 e. The van der Waals surface area contributed by atoms with Gasteiger partial charge < -0.3 is 4.90 Å². The van der Waals surface area contributed by atoms with Crippen LogP contribution in [0.25, 0.3) is 0 Å². The van der Waals surface area contributed by atoms with E-state index in [2.05, 4.69) is 4.98 Å². The molecule has 0 fully saturated rings. The van der Waals surface area contributed by atoms with Gasteiger partial charge in [0.2, 0.25) is 0 Å². The Hall–Kier alpha value is -2.23. The summed E-state index contributed by atoms with van der Waals surface area (Å²) >= 11 is 0. The van der Waals surface area contributed by atoms with Crippen molar-refractivity contribution in [3.8, 4) is 0 Å². The number of nitrogens with zero attached hydrogens (tertiary/aromatic N) is 2. The van der Waals surface area contributed by atoms with Crippen LogP contribution in [0.4, 0.5) is 10.1 Å². The second-order valence-electron chi connectivity index (χ2n) is 3.58. The van der Waals surface area contributed by atoms with Crippen LogP contribution in [0.5, 0.6) is 0 Å². The van der Waals surface area contributed by atoms with E-state index in [0.717, 1.165) is 0 Å². The quantitative estimate of drug-likeness (QED) is 0.794. The molecule has 17 heavy (non-hydrogen) atoms. The number of carbonyl (C=O) groups excluding carboxylic acids is 1. The summed E-state index contributed by atoms with van der Waals surface area (Å²) in [4.78, 5) is 17.4. The number of amides is 1. The standard InChI is InChI=1S/C13H11FN2O/c1-16(12-3-2-8-15-9-12)13(17)10-4-6-11(14)7-5-10/h2-9H,1H3. The Morgan fingerprint density at radius 2 is 1.94 bits per heavy atom. The molecule has 1 heterocycles. The van der Waals surface area contributed by atoms with Gasteiger partial charge in [-0.25, -0.2) is 4.39 Å². The number of pyridine rings is 1. The summed E-state index contributed by atoms with van der Waals surface area (Å²) in [6.07, 6.45) is 3.24. The van der Waals surface area contributed by atoms with Crippen LogP contribution < -0.4 is 4.90 Å². The summed E-state index contributed by atoms with van der Waals surface area (Å²) in [5, 5.41) is 0. The fourth-order valence-corrected chi connectivity index (χ4v) is 1.46. The molecule has 0 N–H and O–H groups in total. The molecule has 0 unspecified atom stereocenters. The van der Waals surface area contributed by atoms with Crippen LogP contribution >= 0.6 is 0 Å². The van der Waals surface area contributed by atoms with Crippen molar-refractivity contribution in [2.24, 2.45) is 0 Å². The number of hydrogen-bond acceptors (Lipinski definition) is 2. The molecule has 1 amide bonds. The summed E-state index contributed by atoms with van der Waals surface area (Å²) in [6.45, 7) is 0. The average Bonchev–Trinajstić information content (AvgIpc) is 2.39. The van der Waals surface area contributed by atoms with E-state index in [1.54, 1.807) is 31.6 Å². The average molecular weight is 230 g/mol. The third-order valence-corrected chi connectivity index (χ3v) is 2.43. The van der Waals surface area contributed by atoms with Crippen molar-refractivity contribution in [1.82, 2.24) is 4.98 Å². The summed E-state index contributed by atoms with van der Waals surface area (Å²) in [7, 11) is 1.66. The molecule has 0 aliphatic heterocycles. The van der Waals surface area contributed by atoms with Crippen LogP contribution in [0.2, 0.25) is 0 Å². The highest BCUT2D eigenvalue weighted by molar-refractivity contribution is 6.05. The first-order chi connectivity index (χ1) is 8.18. The van der Waals surface area contributed by atoms with Gasteiger partial charge in [0.1, 0.15) is 5.82 Å². The van der Waals surface area contributed by atoms with E-state index in [4.69, 9.17) is 0 Å². The number of anilines is 1. The Morgan fingerprint density at radius 3 is 2.53 bits per heavy atom. The van der Waals surface area contributed by atoms with E-state index < -0.39 is 0 Å². The summed E-state index contributed by atoms with van der Waals surface area (Å²) in [5.74, 6) is -0.552. The minimum Gasteiger partial charge on any atom is -0.310 e. The van der Waals surface area contributed by atoms with Crippen LogP contribution in [0.15, 0.2) is 48.8 Å². The first kappa shape index (κ1) is 11.3. The number of benzene rings is 1. The fourth-order valence-electron chi connectivity index (χ4n) is 1.46. The topological polar surface area (TPSA) is 33.2 Å². The molecule has 86 valence electrons. The van der Waals surface area contributed by atoms with Crippen LogP contribution in [-0.4, -0.2) is 17.9 Å². The largest absolute Gasteiger partial charge is 0.310 e. The monoisotopic (exact) mass is 230 g/mol. The number of aromatic nitrogens is 1. The van der Waals surface area contributed by atoms with Crippen LogP contribution in [0.1, 0.15) is 10.4 Å². The molecule has 0 aliphatic rings. The number of hydrogen-bond donors (Lipinski definition) is 0. The number of carbonyl (C=O) groups is 1. The van der Waals surface area contributed by atoms with E-state index in [0.29, 0.717) is 11.3 Å². The molecular weight excluding hydrogens is 219 g/mol. The molecule has 0 bridgehead atoms. The van der Waals surface area contributed by atoms with E-state index in [-0.39, 0.29) is 11.7 Å². The van der Waals surface area contributed by atoms with E-state index in [1.165, 1.54) is 29.2 Å². The maximum absolute atomic E-state index is 12.7. The number of halogens is 1. The Kier molecular flexibility index (Phi) is 3.14. The van der Waals surface area contributed by atoms with Crippen molar-refractivity contribution in [1.29, 1.82) is 0 Å². The highest BCUT2D eigenvalue weighted by Crippen LogP contribution is 2.13. The summed E-state index contributed by atoms with van der Waals surface area (Å²) in [5.41, 5.74) is 1.14. The molecule has 0 saturated carbocycles. The third-order valence-electron chi connectivity index (χ3n) is 2.43. The zero-order valence-electron chi connectivity index (χ0n) is 9.30. The molecular formula is C13H11FN2O. The van der Waals surface area contributed by atoms with Gasteiger partial charge in [-0.05, 0) is 36.4 Å². The molecule has 0 spiro atoms. The van der Waals surface area contributed by atoms with Gasteiger partial charge in [-0.1, -0.05) is 0 Å². The van der Waals surface area contributed by atoms with Crippen molar-refractivity contribution in [3.05, 3.63) is 60.2 Å².